The van der Waals surface area contributed by atoms with Gasteiger partial charge in [0.05, 0.1) is 36.9 Å². The Morgan fingerprint density at radius 1 is 0.341 bits per heavy atom. The van der Waals surface area contributed by atoms with Gasteiger partial charge in [-0.3, -0.25) is 10.5 Å². The molecule has 0 radical (unpaired) electrons. The van der Waals surface area contributed by atoms with Gasteiger partial charge in [-0.1, -0.05) is 148 Å². The molecule has 3 aromatic heterocycles. The van der Waals surface area contributed by atoms with Gasteiger partial charge in [-0.05, 0) is 157 Å². The van der Waals surface area contributed by atoms with Gasteiger partial charge in [0.25, 0.3) is 0 Å². The first kappa shape index (κ1) is 78.0. The molecule has 0 amide bonds. The van der Waals surface area contributed by atoms with Crippen molar-refractivity contribution in [2.24, 2.45) is 0 Å². The molecule has 0 unspecified atom stereocenters. The number of benzene rings is 6. The molecule has 3 N–H and O–H groups in total. The lowest BCUT2D eigenvalue weighted by atomic mass is 10.1. The van der Waals surface area contributed by atoms with Crippen molar-refractivity contribution < 1.29 is 52.9 Å². The molecule has 0 fully saturated rings. The molecule has 0 saturated heterocycles. The largest absolute Gasteiger partial charge is 0.507 e. The van der Waals surface area contributed by atoms with Crippen molar-refractivity contribution in [3.63, 3.8) is 0 Å². The van der Waals surface area contributed by atoms with E-state index in [4.69, 9.17) is 38.0 Å². The van der Waals surface area contributed by atoms with Crippen molar-refractivity contribution in [3.8, 4) is 57.4 Å². The maximum atomic E-state index is 9.83. The molecule has 88 heavy (non-hydrogen) atoms. The smallest absolute Gasteiger partial charge is 0.226 e. The van der Waals surface area contributed by atoms with Crippen LogP contribution in [0.5, 0.6) is 23.0 Å². The van der Waals surface area contributed by atoms with E-state index in [2.05, 4.69) is 76.7 Å². The molecule has 0 spiro atoms. The van der Waals surface area contributed by atoms with E-state index in [0.717, 1.165) is 80.1 Å². The van der Waals surface area contributed by atoms with Crippen molar-refractivity contribution in [2.75, 3.05) is 19.8 Å². The predicted molar refractivity (Wildman–Crippen MR) is 360 cm³/mol. The number of phenols is 1. The Morgan fingerprint density at radius 2 is 0.636 bits per heavy atom. The van der Waals surface area contributed by atoms with Crippen LogP contribution in [0, 0.1) is 62.3 Å². The predicted octanol–water partition coefficient (Wildman–Crippen LogP) is 20.5. The zero-order valence-electron chi connectivity index (χ0n) is 56.7. The molecule has 0 bridgehead atoms. The average Bonchev–Trinajstić information content (AvgIpc) is 3.37. The molecule has 480 valence electrons. The summed E-state index contributed by atoms with van der Waals surface area (Å²) in [5.74, 6) is 6.58. The molecule has 0 aliphatic carbocycles. The van der Waals surface area contributed by atoms with Crippen LogP contribution >= 0.6 is 0 Å². The number of nitrogens with zero attached hydrogens (tertiary/aromatic N) is 3. The molecule has 0 aliphatic rings. The molecule has 6 aromatic carbocycles. The van der Waals surface area contributed by atoms with Crippen LogP contribution in [0.3, 0.4) is 0 Å². The van der Waals surface area contributed by atoms with Gasteiger partial charge >= 0.3 is 0 Å². The highest BCUT2D eigenvalue weighted by molar-refractivity contribution is 5.56. The highest BCUT2D eigenvalue weighted by Gasteiger charge is 2.15. The minimum Gasteiger partial charge on any atom is -0.507 e. The van der Waals surface area contributed by atoms with Gasteiger partial charge in [0.15, 0.2) is 0 Å². The third kappa shape index (κ3) is 26.1. The first-order valence-corrected chi connectivity index (χ1v) is 31.2. The lowest BCUT2D eigenvalue weighted by Crippen LogP contribution is -2.03. The van der Waals surface area contributed by atoms with Crippen LogP contribution in [-0.2, 0) is 42.3 Å². The van der Waals surface area contributed by atoms with Gasteiger partial charge in [0.1, 0.15) is 53.5 Å². The van der Waals surface area contributed by atoms with Crippen LogP contribution in [0.25, 0.3) is 34.4 Å². The summed E-state index contributed by atoms with van der Waals surface area (Å²) in [4.78, 5) is 22.0. The first-order chi connectivity index (χ1) is 42.7. The summed E-state index contributed by atoms with van der Waals surface area (Å²) in [5.41, 5.74) is 14.2. The van der Waals surface area contributed by atoms with Gasteiger partial charge < -0.3 is 32.6 Å². The number of aryl methyl sites for hydroxylation is 9. The molecule has 9 rings (SSSR count). The van der Waals surface area contributed by atoms with Crippen molar-refractivity contribution in [2.45, 2.75) is 178 Å². The summed E-state index contributed by atoms with van der Waals surface area (Å²) in [5, 5.41) is 26.8. The van der Waals surface area contributed by atoms with Crippen molar-refractivity contribution in [3.05, 3.63) is 206 Å². The van der Waals surface area contributed by atoms with E-state index in [9.17, 15) is 5.11 Å². The Hall–Kier alpha value is -8.01. The summed E-state index contributed by atoms with van der Waals surface area (Å²) in [6.07, 6.45) is 1.99. The second-order valence-electron chi connectivity index (χ2n) is 18.6. The van der Waals surface area contributed by atoms with E-state index in [1.165, 1.54) is 33.9 Å². The number of ether oxygens (including phenoxy) is 3. The highest BCUT2D eigenvalue weighted by atomic mass is 17.1. The SMILES string of the molecule is CC.CC.CC.CC.CC.CC.Cc1ccc(-c2nc(CCOc3ccc(C)c(C)c3)c(C)o2)cc1.Cc1ccc(-c2nc(CCOc3ccc(COO)c(C)c3)c(C)o2)cc1.Cc1ccc(-c2nc(CCOc3ccc(COO)c(O)c3)c(C)o2)cc1. The fourth-order valence-corrected chi connectivity index (χ4v) is 7.85. The lowest BCUT2D eigenvalue weighted by molar-refractivity contribution is -0.253. The van der Waals surface area contributed by atoms with Crippen LogP contribution in [-0.4, -0.2) is 50.4 Å². The van der Waals surface area contributed by atoms with Crippen molar-refractivity contribution >= 4 is 0 Å². The highest BCUT2D eigenvalue weighted by Crippen LogP contribution is 2.28. The van der Waals surface area contributed by atoms with Gasteiger partial charge in [-0.15, -0.1) is 0 Å². The monoisotopic (exact) mass is 1210 g/mol. The maximum Gasteiger partial charge on any atom is 0.226 e. The molecule has 0 aliphatic heterocycles. The third-order valence-corrected chi connectivity index (χ3v) is 12.7. The van der Waals surface area contributed by atoms with E-state index in [1.807, 2.05) is 203 Å². The van der Waals surface area contributed by atoms with Crippen LogP contribution in [0.1, 0.15) is 162 Å². The van der Waals surface area contributed by atoms with Crippen LogP contribution < -0.4 is 14.2 Å². The van der Waals surface area contributed by atoms with E-state index < -0.39 is 0 Å². The zero-order chi connectivity index (χ0) is 66.1. The summed E-state index contributed by atoms with van der Waals surface area (Å²) in [7, 11) is 0. The Bertz CT molecular complexity index is 3120. The third-order valence-electron chi connectivity index (χ3n) is 12.7. The Balaban J connectivity index is 0.000000607. The number of phenolic OH excluding ortho intramolecular Hbond substituents is 1. The van der Waals surface area contributed by atoms with Gasteiger partial charge in [0, 0.05) is 47.6 Å². The lowest BCUT2D eigenvalue weighted by Gasteiger charge is -2.09. The second kappa shape index (κ2) is 44.4. The number of aromatic nitrogens is 3. The summed E-state index contributed by atoms with van der Waals surface area (Å²) in [6.45, 7) is 43.7. The zero-order valence-corrected chi connectivity index (χ0v) is 56.7. The number of hydrogen-bond donors (Lipinski definition) is 3. The topological polar surface area (TPSA) is 185 Å². The van der Waals surface area contributed by atoms with Gasteiger partial charge in [-0.25, -0.2) is 24.7 Å². The molecule has 0 saturated carbocycles. The maximum absolute atomic E-state index is 9.83. The molecular formula is C74H103N3O11. The van der Waals surface area contributed by atoms with E-state index in [0.29, 0.717) is 61.6 Å². The number of rotatable bonds is 19. The minimum absolute atomic E-state index is 0.0100. The number of hydrogen-bond acceptors (Lipinski definition) is 14. The Labute approximate surface area is 526 Å². The average molecular weight is 1210 g/mol. The van der Waals surface area contributed by atoms with Gasteiger partial charge in [-0.2, -0.15) is 0 Å². The molecule has 14 heteroatoms. The van der Waals surface area contributed by atoms with Crippen molar-refractivity contribution in [1.29, 1.82) is 0 Å². The standard InChI is InChI=1S/C21H23NO4.C21H23NO2.C20H21NO5.6C2H6/c1-14-4-6-17(7-5-14)21-22-20(16(3)26-21)10-11-24-19-9-8-18(13-25-23)15(2)12-19;1-14-5-8-18(9-6-14)21-22-20(17(4)24-21)11-12-23-19-10-7-15(2)16(3)13-19;1-13-3-5-15(6-4-13)20-21-18(14(2)26-20)9-10-24-17-8-7-16(12-25-23)19(22)11-17;6*1-2/h4-9,12,23H,10-11,13H2,1-3H3;5-10,13H,11-12H2,1-4H3;3-8,11,22-23H,9-10,12H2,1-2H3;6*1-2H3. The normalized spacial score (nSPS) is 9.81. The number of oxazole rings is 3. The molecular weight excluding hydrogens is 1110 g/mol. The summed E-state index contributed by atoms with van der Waals surface area (Å²) in [6, 6.07) is 41.0. The first-order valence-electron chi connectivity index (χ1n) is 31.2. The molecule has 0 atom stereocenters. The molecule has 14 nitrogen and oxygen atoms in total. The second-order valence-corrected chi connectivity index (χ2v) is 18.6. The van der Waals surface area contributed by atoms with E-state index in [1.54, 1.807) is 12.1 Å². The van der Waals surface area contributed by atoms with Gasteiger partial charge in [0.2, 0.25) is 17.7 Å². The fraction of sp³-hybridized carbons (Fsp3) is 0.392. The van der Waals surface area contributed by atoms with E-state index in [-0.39, 0.29) is 19.0 Å². The Kier molecular flexibility index (Phi) is 39.4. The number of aromatic hydroxyl groups is 1. The summed E-state index contributed by atoms with van der Waals surface area (Å²) >= 11 is 0. The Morgan fingerprint density at radius 3 is 0.943 bits per heavy atom. The quantitative estimate of drug-likeness (QED) is 0.0513. The van der Waals surface area contributed by atoms with Crippen LogP contribution in [0.4, 0.5) is 0 Å². The van der Waals surface area contributed by atoms with E-state index >= 15 is 0 Å². The van der Waals surface area contributed by atoms with Crippen LogP contribution in [0.2, 0.25) is 0 Å². The molecule has 3 heterocycles. The summed E-state index contributed by atoms with van der Waals surface area (Å²) < 4.78 is 34.7. The van der Waals surface area contributed by atoms with Crippen LogP contribution in [0.15, 0.2) is 141 Å². The fourth-order valence-electron chi connectivity index (χ4n) is 7.85. The van der Waals surface area contributed by atoms with Crippen molar-refractivity contribution in [1.82, 2.24) is 15.0 Å². The minimum atomic E-state index is -0.0773. The molecule has 9 aromatic rings.